The number of carbonyl (C=O) groups excluding carboxylic acids is 2. The lowest BCUT2D eigenvalue weighted by Crippen LogP contribution is -2.57. The molecule has 0 aromatic rings. The summed E-state index contributed by atoms with van der Waals surface area (Å²) in [7, 11) is 1.23. The minimum Gasteiger partial charge on any atom is -0.467 e. The highest BCUT2D eigenvalue weighted by Gasteiger charge is 2.54. The predicted molar refractivity (Wildman–Crippen MR) is 64.0 cm³/mol. The molecule has 0 spiro atoms. The fourth-order valence-corrected chi connectivity index (χ4v) is 2.00. The third-order valence-electron chi connectivity index (χ3n) is 3.05. The average Bonchev–Trinajstić information content (AvgIpc) is 2.53. The Morgan fingerprint density at radius 2 is 1.94 bits per heavy atom. The Morgan fingerprint density at radius 3 is 2.39 bits per heavy atom. The van der Waals surface area contributed by atoms with Gasteiger partial charge in [-0.2, -0.15) is 0 Å². The van der Waals surface area contributed by atoms with E-state index in [0.29, 0.717) is 6.42 Å². The van der Waals surface area contributed by atoms with Gasteiger partial charge in [0.25, 0.3) is 0 Å². The van der Waals surface area contributed by atoms with E-state index in [4.69, 9.17) is 4.74 Å². The SMILES string of the molecule is COC(=O)[C@@]1(C)[C@@H](O)CCN1C(=O)OC(C)(C)C. The molecule has 104 valence electrons. The number of nitrogens with zero attached hydrogens (tertiary/aromatic N) is 1. The van der Waals surface area contributed by atoms with E-state index in [1.807, 2.05) is 0 Å². The van der Waals surface area contributed by atoms with Crippen LogP contribution in [0.4, 0.5) is 4.79 Å². The number of amides is 1. The smallest absolute Gasteiger partial charge is 0.411 e. The number of hydrogen-bond acceptors (Lipinski definition) is 5. The second-order valence-electron chi connectivity index (χ2n) is 5.58. The minimum atomic E-state index is -1.38. The quantitative estimate of drug-likeness (QED) is 0.709. The Bertz CT molecular complexity index is 349. The van der Waals surface area contributed by atoms with Crippen molar-refractivity contribution < 1.29 is 24.2 Å². The summed E-state index contributed by atoms with van der Waals surface area (Å²) in [6, 6.07) is 0. The Morgan fingerprint density at radius 1 is 1.39 bits per heavy atom. The fraction of sp³-hybridized carbons (Fsp3) is 0.833. The van der Waals surface area contributed by atoms with Crippen LogP contribution >= 0.6 is 0 Å². The molecular weight excluding hydrogens is 238 g/mol. The van der Waals surface area contributed by atoms with E-state index in [1.54, 1.807) is 20.8 Å². The molecule has 0 aliphatic carbocycles. The van der Waals surface area contributed by atoms with Crippen LogP contribution in [0.15, 0.2) is 0 Å². The van der Waals surface area contributed by atoms with Crippen LogP contribution in [0.25, 0.3) is 0 Å². The van der Waals surface area contributed by atoms with E-state index in [0.717, 1.165) is 0 Å². The molecule has 1 saturated heterocycles. The molecule has 1 N–H and O–H groups in total. The molecule has 0 saturated carbocycles. The van der Waals surface area contributed by atoms with Crippen molar-refractivity contribution >= 4 is 12.1 Å². The normalized spacial score (nSPS) is 28.1. The third kappa shape index (κ3) is 2.58. The molecule has 1 aliphatic heterocycles. The van der Waals surface area contributed by atoms with E-state index in [2.05, 4.69) is 4.74 Å². The van der Waals surface area contributed by atoms with Crippen molar-refractivity contribution in [1.29, 1.82) is 0 Å². The van der Waals surface area contributed by atoms with Crippen molar-refractivity contribution in [3.8, 4) is 0 Å². The third-order valence-corrected chi connectivity index (χ3v) is 3.05. The second-order valence-corrected chi connectivity index (χ2v) is 5.58. The first-order valence-electron chi connectivity index (χ1n) is 5.90. The molecule has 0 bridgehead atoms. The summed E-state index contributed by atoms with van der Waals surface area (Å²) in [6.07, 6.45) is -1.24. The standard InChI is InChI=1S/C12H21NO5/c1-11(2,3)18-10(16)13-7-6-8(14)12(13,4)9(15)17-5/h8,14H,6-7H2,1-5H3/t8-,12+/m0/s1. The zero-order valence-electron chi connectivity index (χ0n) is 11.5. The lowest BCUT2D eigenvalue weighted by atomic mass is 9.96. The van der Waals surface area contributed by atoms with Crippen LogP contribution in [-0.4, -0.2) is 53.0 Å². The first-order valence-corrected chi connectivity index (χ1v) is 5.90. The van der Waals surface area contributed by atoms with E-state index in [1.165, 1.54) is 18.9 Å². The van der Waals surface area contributed by atoms with Gasteiger partial charge in [-0.25, -0.2) is 9.59 Å². The predicted octanol–water partition coefficient (Wildman–Crippen LogP) is 0.920. The van der Waals surface area contributed by atoms with Crippen LogP contribution in [0, 0.1) is 0 Å². The van der Waals surface area contributed by atoms with Crippen LogP contribution in [0.2, 0.25) is 0 Å². The molecule has 1 amide bonds. The van der Waals surface area contributed by atoms with Crippen LogP contribution in [0.1, 0.15) is 34.1 Å². The van der Waals surface area contributed by atoms with E-state index < -0.39 is 29.3 Å². The molecule has 0 aromatic carbocycles. The second kappa shape index (κ2) is 4.76. The molecule has 18 heavy (non-hydrogen) atoms. The first-order chi connectivity index (χ1) is 8.13. The van der Waals surface area contributed by atoms with Gasteiger partial charge in [0.2, 0.25) is 0 Å². The van der Waals surface area contributed by atoms with Gasteiger partial charge in [-0.1, -0.05) is 0 Å². The van der Waals surface area contributed by atoms with Crippen LogP contribution in [0.5, 0.6) is 0 Å². The maximum atomic E-state index is 12.0. The van der Waals surface area contributed by atoms with Gasteiger partial charge in [0.05, 0.1) is 13.2 Å². The van der Waals surface area contributed by atoms with Gasteiger partial charge in [-0.3, -0.25) is 4.90 Å². The van der Waals surface area contributed by atoms with Crippen molar-refractivity contribution in [1.82, 2.24) is 4.90 Å². The van der Waals surface area contributed by atoms with Gasteiger partial charge in [-0.05, 0) is 34.1 Å². The maximum absolute atomic E-state index is 12.0. The summed E-state index contributed by atoms with van der Waals surface area (Å²) in [5, 5.41) is 9.92. The monoisotopic (exact) mass is 259 g/mol. The summed E-state index contributed by atoms with van der Waals surface area (Å²) in [4.78, 5) is 25.1. The van der Waals surface area contributed by atoms with Crippen LogP contribution in [-0.2, 0) is 14.3 Å². The van der Waals surface area contributed by atoms with E-state index >= 15 is 0 Å². The Labute approximate surface area is 107 Å². The molecule has 1 aliphatic rings. The van der Waals surface area contributed by atoms with Gasteiger partial charge >= 0.3 is 12.1 Å². The first kappa shape index (κ1) is 14.8. The molecule has 1 heterocycles. The molecular formula is C12H21NO5. The van der Waals surface area contributed by atoms with Gasteiger partial charge in [0, 0.05) is 6.54 Å². The number of aliphatic hydroxyl groups excluding tert-OH is 1. The van der Waals surface area contributed by atoms with Gasteiger partial charge < -0.3 is 14.6 Å². The van der Waals surface area contributed by atoms with Crippen LogP contribution in [0.3, 0.4) is 0 Å². The zero-order chi connectivity index (χ0) is 14.1. The molecule has 0 aromatic heterocycles. The summed E-state index contributed by atoms with van der Waals surface area (Å²) in [6.45, 7) is 6.98. The number of hydrogen-bond donors (Lipinski definition) is 1. The summed E-state index contributed by atoms with van der Waals surface area (Å²) < 4.78 is 9.90. The van der Waals surface area contributed by atoms with Gasteiger partial charge in [0.15, 0.2) is 5.54 Å². The fourth-order valence-electron chi connectivity index (χ4n) is 2.00. The number of esters is 1. The number of likely N-dealkylation sites (tertiary alicyclic amines) is 1. The molecule has 6 heteroatoms. The van der Waals surface area contributed by atoms with E-state index in [9.17, 15) is 14.7 Å². The average molecular weight is 259 g/mol. The van der Waals surface area contributed by atoms with E-state index in [-0.39, 0.29) is 6.54 Å². The number of rotatable bonds is 1. The Balaban J connectivity index is 2.94. The van der Waals surface area contributed by atoms with Crippen molar-refractivity contribution in [2.24, 2.45) is 0 Å². The highest BCUT2D eigenvalue weighted by atomic mass is 16.6. The van der Waals surface area contributed by atoms with Crippen molar-refractivity contribution in [2.75, 3.05) is 13.7 Å². The minimum absolute atomic E-state index is 0.266. The molecule has 0 radical (unpaired) electrons. The number of aliphatic hydroxyl groups is 1. The van der Waals surface area contributed by atoms with Crippen LogP contribution < -0.4 is 0 Å². The van der Waals surface area contributed by atoms with Crippen molar-refractivity contribution in [3.05, 3.63) is 0 Å². The van der Waals surface area contributed by atoms with Crippen molar-refractivity contribution in [2.45, 2.75) is 51.4 Å². The zero-order valence-corrected chi connectivity index (χ0v) is 11.5. The number of ether oxygens (including phenoxy) is 2. The summed E-state index contributed by atoms with van der Waals surface area (Å²) >= 11 is 0. The van der Waals surface area contributed by atoms with Gasteiger partial charge in [0.1, 0.15) is 5.60 Å². The maximum Gasteiger partial charge on any atom is 0.411 e. The summed E-state index contributed by atoms with van der Waals surface area (Å²) in [5.74, 6) is -0.640. The molecule has 6 nitrogen and oxygen atoms in total. The summed E-state index contributed by atoms with van der Waals surface area (Å²) in [5.41, 5.74) is -2.03. The highest BCUT2D eigenvalue weighted by Crippen LogP contribution is 2.32. The molecule has 0 unspecified atom stereocenters. The largest absolute Gasteiger partial charge is 0.467 e. The lowest BCUT2D eigenvalue weighted by Gasteiger charge is -2.35. The highest BCUT2D eigenvalue weighted by molar-refractivity contribution is 5.87. The Hall–Kier alpha value is -1.30. The van der Waals surface area contributed by atoms with Gasteiger partial charge in [-0.15, -0.1) is 0 Å². The molecule has 1 fully saturated rings. The molecule has 1 rings (SSSR count). The lowest BCUT2D eigenvalue weighted by molar-refractivity contribution is -0.156. The van der Waals surface area contributed by atoms with Crippen molar-refractivity contribution in [3.63, 3.8) is 0 Å². The Kier molecular flexibility index (Phi) is 3.90. The number of carbonyl (C=O) groups is 2. The molecule has 2 atom stereocenters. The number of methoxy groups -OCH3 is 1. The topological polar surface area (TPSA) is 76.1 Å².